The van der Waals surface area contributed by atoms with Crippen molar-refractivity contribution in [2.75, 3.05) is 0 Å². The molecule has 0 fully saturated rings. The third-order valence-corrected chi connectivity index (χ3v) is 7.65. The van der Waals surface area contributed by atoms with Gasteiger partial charge in [-0.2, -0.15) is 0 Å². The molecule has 2 rings (SSSR count). The van der Waals surface area contributed by atoms with Crippen LogP contribution in [0, 0.1) is 0 Å². The van der Waals surface area contributed by atoms with E-state index in [0.717, 1.165) is 0 Å². The molecule has 0 N–H and O–H groups in total. The number of benzene rings is 2. The molecule has 1 heteroatoms. The van der Waals surface area contributed by atoms with E-state index in [9.17, 15) is 0 Å². The second-order valence-electron chi connectivity index (χ2n) is 3.42. The Morgan fingerprint density at radius 2 is 1.13 bits per heavy atom. The summed E-state index contributed by atoms with van der Waals surface area (Å²) in [5.41, 5.74) is 0. The van der Waals surface area contributed by atoms with Crippen molar-refractivity contribution >= 4 is 23.4 Å². The van der Waals surface area contributed by atoms with Gasteiger partial charge >= 0.3 is 96.1 Å². The van der Waals surface area contributed by atoms with Crippen LogP contribution in [0.1, 0.15) is 6.92 Å². The molecule has 0 bridgehead atoms. The molecule has 0 spiro atoms. The summed E-state index contributed by atoms with van der Waals surface area (Å²) in [5, 5.41) is 1.29. The Bertz CT molecular complexity index is 355. The standard InChI is InChI=1S/C14H15As/c1-2-15(13-9-5-3-6-10-13)14-11-7-4-8-12-14/h3-12H,2H2,1H3. The minimum absolute atomic E-state index is 1.00. The van der Waals surface area contributed by atoms with Crippen molar-refractivity contribution in [3.63, 3.8) is 0 Å². The zero-order valence-corrected chi connectivity index (χ0v) is 10.8. The van der Waals surface area contributed by atoms with Crippen molar-refractivity contribution < 1.29 is 0 Å². The van der Waals surface area contributed by atoms with Gasteiger partial charge in [0.2, 0.25) is 0 Å². The molecule has 0 aliphatic rings. The second kappa shape index (κ2) is 5.18. The van der Waals surface area contributed by atoms with E-state index in [-0.39, 0.29) is 0 Å². The molecule has 2 aromatic rings. The predicted molar refractivity (Wildman–Crippen MR) is 68.4 cm³/mol. The molecule has 0 unspecified atom stereocenters. The van der Waals surface area contributed by atoms with Crippen LogP contribution in [0.5, 0.6) is 0 Å². The van der Waals surface area contributed by atoms with E-state index in [4.69, 9.17) is 0 Å². The van der Waals surface area contributed by atoms with Crippen LogP contribution >= 0.6 is 0 Å². The van der Waals surface area contributed by atoms with E-state index in [1.165, 1.54) is 5.21 Å². The molecule has 0 aliphatic heterocycles. The summed E-state index contributed by atoms with van der Waals surface area (Å²) in [6, 6.07) is 21.9. The van der Waals surface area contributed by atoms with Crippen molar-refractivity contribution in [3.05, 3.63) is 60.7 Å². The molecule has 2 aromatic carbocycles. The molecule has 0 aliphatic carbocycles. The van der Waals surface area contributed by atoms with Gasteiger partial charge in [-0.25, -0.2) is 0 Å². The van der Waals surface area contributed by atoms with Crippen molar-refractivity contribution in [2.24, 2.45) is 0 Å². The van der Waals surface area contributed by atoms with Crippen molar-refractivity contribution in [2.45, 2.75) is 12.1 Å². The zero-order valence-electron chi connectivity index (χ0n) is 8.93. The minimum atomic E-state index is -1.00. The normalized spacial score (nSPS) is 10.5. The first-order chi connectivity index (χ1) is 7.42. The van der Waals surface area contributed by atoms with Crippen LogP contribution in [0.3, 0.4) is 0 Å². The Kier molecular flexibility index (Phi) is 3.63. The average Bonchev–Trinajstić information content (AvgIpc) is 2.33. The molecule has 0 saturated heterocycles. The SMILES string of the molecule is CC[As](c1ccccc1)c1ccccc1. The Morgan fingerprint density at radius 3 is 1.47 bits per heavy atom. The van der Waals surface area contributed by atoms with Gasteiger partial charge in [-0.3, -0.25) is 0 Å². The fraction of sp³-hybridized carbons (Fsp3) is 0.143. The van der Waals surface area contributed by atoms with Gasteiger partial charge in [0, 0.05) is 0 Å². The van der Waals surface area contributed by atoms with Crippen LogP contribution in [-0.4, -0.2) is 14.7 Å². The van der Waals surface area contributed by atoms with Crippen LogP contribution in [0.4, 0.5) is 0 Å². The molecule has 0 amide bonds. The first-order valence-electron chi connectivity index (χ1n) is 5.29. The predicted octanol–water partition coefficient (Wildman–Crippen LogP) is 2.32. The van der Waals surface area contributed by atoms with Crippen LogP contribution in [0.2, 0.25) is 5.21 Å². The van der Waals surface area contributed by atoms with Crippen molar-refractivity contribution in [3.8, 4) is 0 Å². The van der Waals surface area contributed by atoms with E-state index in [0.29, 0.717) is 0 Å². The van der Waals surface area contributed by atoms with Gasteiger partial charge in [0.25, 0.3) is 0 Å². The van der Waals surface area contributed by atoms with E-state index in [1.807, 2.05) is 0 Å². The quantitative estimate of drug-likeness (QED) is 0.741. The van der Waals surface area contributed by atoms with Gasteiger partial charge in [-0.15, -0.1) is 0 Å². The first kappa shape index (κ1) is 10.5. The van der Waals surface area contributed by atoms with Gasteiger partial charge in [0.1, 0.15) is 0 Å². The van der Waals surface area contributed by atoms with Crippen LogP contribution < -0.4 is 8.70 Å². The Labute approximate surface area is 96.2 Å². The van der Waals surface area contributed by atoms with Crippen LogP contribution in [0.15, 0.2) is 60.7 Å². The number of hydrogen-bond acceptors (Lipinski definition) is 0. The maximum atomic E-state index is 2.31. The topological polar surface area (TPSA) is 0 Å². The summed E-state index contributed by atoms with van der Waals surface area (Å²) in [5.74, 6) is 0. The van der Waals surface area contributed by atoms with Crippen LogP contribution in [-0.2, 0) is 0 Å². The average molecular weight is 258 g/mol. The summed E-state index contributed by atoms with van der Waals surface area (Å²) >= 11 is -1.00. The van der Waals surface area contributed by atoms with E-state index in [1.54, 1.807) is 8.70 Å². The maximum absolute atomic E-state index is 2.31. The van der Waals surface area contributed by atoms with Gasteiger partial charge in [0.15, 0.2) is 0 Å². The fourth-order valence-electron chi connectivity index (χ4n) is 1.73. The molecule has 0 heterocycles. The molecule has 0 aromatic heterocycles. The third-order valence-electron chi connectivity index (χ3n) is 2.45. The Hall–Kier alpha value is -1.00. The Morgan fingerprint density at radius 1 is 0.733 bits per heavy atom. The van der Waals surface area contributed by atoms with Gasteiger partial charge in [0.05, 0.1) is 0 Å². The van der Waals surface area contributed by atoms with Gasteiger partial charge in [-0.05, 0) is 0 Å². The van der Waals surface area contributed by atoms with E-state index in [2.05, 4.69) is 67.6 Å². The molecule has 15 heavy (non-hydrogen) atoms. The fourth-order valence-corrected chi connectivity index (χ4v) is 6.12. The van der Waals surface area contributed by atoms with Crippen LogP contribution in [0.25, 0.3) is 0 Å². The van der Waals surface area contributed by atoms with Gasteiger partial charge in [-0.1, -0.05) is 0 Å². The first-order valence-corrected chi connectivity index (χ1v) is 8.50. The van der Waals surface area contributed by atoms with Crippen molar-refractivity contribution in [1.82, 2.24) is 0 Å². The van der Waals surface area contributed by atoms with Gasteiger partial charge < -0.3 is 0 Å². The Balaban J connectivity index is 2.34. The number of hydrogen-bond donors (Lipinski definition) is 0. The monoisotopic (exact) mass is 258 g/mol. The number of rotatable bonds is 3. The van der Waals surface area contributed by atoms with E-state index >= 15 is 0 Å². The van der Waals surface area contributed by atoms with E-state index < -0.39 is 14.7 Å². The molecular formula is C14H15As. The summed E-state index contributed by atoms with van der Waals surface area (Å²) < 4.78 is 3.11. The molecule has 0 atom stereocenters. The summed E-state index contributed by atoms with van der Waals surface area (Å²) in [6.07, 6.45) is 0. The zero-order chi connectivity index (χ0) is 10.5. The molecule has 76 valence electrons. The molecular weight excluding hydrogens is 243 g/mol. The second-order valence-corrected chi connectivity index (χ2v) is 8.71. The molecule has 0 saturated carbocycles. The van der Waals surface area contributed by atoms with Crippen molar-refractivity contribution in [1.29, 1.82) is 0 Å². The third kappa shape index (κ3) is 2.52. The summed E-state index contributed by atoms with van der Waals surface area (Å²) in [7, 11) is 0. The summed E-state index contributed by atoms with van der Waals surface area (Å²) in [4.78, 5) is 0. The molecule has 0 radical (unpaired) electrons. The summed E-state index contributed by atoms with van der Waals surface area (Å²) in [6.45, 7) is 2.31. The molecule has 0 nitrogen and oxygen atoms in total.